The maximum atomic E-state index is 10.2. The third kappa shape index (κ3) is 2.27. The van der Waals surface area contributed by atoms with Crippen LogP contribution in [0.1, 0.15) is 25.6 Å². The Morgan fingerprint density at radius 2 is 1.85 bits per heavy atom. The van der Waals surface area contributed by atoms with Crippen molar-refractivity contribution in [3.05, 3.63) is 35.2 Å². The van der Waals surface area contributed by atoms with Gasteiger partial charge in [0.15, 0.2) is 0 Å². The van der Waals surface area contributed by atoms with Gasteiger partial charge in [0.25, 0.3) is 0 Å². The van der Waals surface area contributed by atoms with Crippen LogP contribution in [0, 0.1) is 5.41 Å². The van der Waals surface area contributed by atoms with Gasteiger partial charge in [0.1, 0.15) is 6.10 Å². The number of aliphatic hydroxyl groups excluding tert-OH is 1. The molecule has 0 radical (unpaired) electrons. The van der Waals surface area contributed by atoms with Crippen molar-refractivity contribution < 1.29 is 14.6 Å². The van der Waals surface area contributed by atoms with E-state index in [0.717, 1.165) is 10.3 Å². The molecule has 4 heteroatoms. The highest BCUT2D eigenvalue weighted by Gasteiger charge is 2.47. The minimum Gasteiger partial charge on any atom is -0.387 e. The molecule has 1 aliphatic rings. The first-order valence-corrected chi connectivity index (χ1v) is 7.70. The van der Waals surface area contributed by atoms with Gasteiger partial charge in [0, 0.05) is 10.1 Å². The second-order valence-electron chi connectivity index (χ2n) is 6.23. The van der Waals surface area contributed by atoms with Gasteiger partial charge in [-0.05, 0) is 24.4 Å². The third-order valence-electron chi connectivity index (χ3n) is 3.67. The summed E-state index contributed by atoms with van der Waals surface area (Å²) < 4.78 is 13.2. The predicted octanol–water partition coefficient (Wildman–Crippen LogP) is 3.51. The van der Waals surface area contributed by atoms with Gasteiger partial charge in [-0.1, -0.05) is 32.0 Å². The van der Waals surface area contributed by atoms with Crippen molar-refractivity contribution in [3.63, 3.8) is 0 Å². The fourth-order valence-electron chi connectivity index (χ4n) is 2.43. The molecule has 1 saturated heterocycles. The molecule has 0 bridgehead atoms. The Bertz CT molecular complexity index is 572. The third-order valence-corrected chi connectivity index (χ3v) is 4.89. The molecule has 0 unspecified atom stereocenters. The molecule has 0 saturated carbocycles. The number of hydrogen-bond donors (Lipinski definition) is 1. The first kappa shape index (κ1) is 14.0. The fourth-order valence-corrected chi connectivity index (χ4v) is 3.68. The van der Waals surface area contributed by atoms with E-state index in [1.165, 1.54) is 4.70 Å². The summed E-state index contributed by atoms with van der Waals surface area (Å²) in [6.45, 7) is 7.08. The molecule has 108 valence electrons. The average molecular weight is 292 g/mol. The lowest BCUT2D eigenvalue weighted by atomic mass is 9.93. The van der Waals surface area contributed by atoms with Crippen LogP contribution >= 0.6 is 11.3 Å². The minimum absolute atomic E-state index is 0.0188. The summed E-state index contributed by atoms with van der Waals surface area (Å²) in [6, 6.07) is 10.2. The largest absolute Gasteiger partial charge is 0.387 e. The first-order chi connectivity index (χ1) is 9.43. The highest BCUT2D eigenvalue weighted by molar-refractivity contribution is 7.19. The van der Waals surface area contributed by atoms with E-state index in [1.807, 2.05) is 12.1 Å². The number of aliphatic hydroxyl groups is 1. The van der Waals surface area contributed by atoms with Crippen LogP contribution in [-0.2, 0) is 15.3 Å². The monoisotopic (exact) mass is 292 g/mol. The Morgan fingerprint density at radius 3 is 2.45 bits per heavy atom. The van der Waals surface area contributed by atoms with Gasteiger partial charge in [-0.3, -0.25) is 0 Å². The minimum atomic E-state index is -1.03. The summed E-state index contributed by atoms with van der Waals surface area (Å²) in [5.41, 5.74) is -0.0188. The molecule has 3 rings (SSSR count). The summed E-state index contributed by atoms with van der Waals surface area (Å²) in [5.74, 6) is -1.03. The maximum Gasteiger partial charge on any atom is 0.231 e. The SMILES string of the molecule is C[C@@H](O)C1(c2cc3ccccc3s2)OCC(C)(C)CO1. The molecule has 1 aromatic heterocycles. The summed E-state index contributed by atoms with van der Waals surface area (Å²) in [6.07, 6.45) is -0.716. The van der Waals surface area contributed by atoms with Gasteiger partial charge in [0.2, 0.25) is 5.79 Å². The molecule has 2 aromatic rings. The van der Waals surface area contributed by atoms with Gasteiger partial charge in [0.05, 0.1) is 18.1 Å². The van der Waals surface area contributed by atoms with Gasteiger partial charge in [-0.2, -0.15) is 0 Å². The Labute approximate surface area is 123 Å². The summed E-state index contributed by atoms with van der Waals surface area (Å²) >= 11 is 1.62. The van der Waals surface area contributed by atoms with E-state index >= 15 is 0 Å². The van der Waals surface area contributed by atoms with E-state index in [1.54, 1.807) is 18.3 Å². The molecule has 1 fully saturated rings. The average Bonchev–Trinajstić information content (AvgIpc) is 2.82. The van der Waals surface area contributed by atoms with Crippen molar-refractivity contribution in [1.29, 1.82) is 0 Å². The van der Waals surface area contributed by atoms with Crippen molar-refractivity contribution in [2.75, 3.05) is 13.2 Å². The molecule has 1 N–H and O–H groups in total. The maximum absolute atomic E-state index is 10.2. The second-order valence-corrected chi connectivity index (χ2v) is 7.32. The Balaban J connectivity index is 2.02. The van der Waals surface area contributed by atoms with E-state index in [9.17, 15) is 5.11 Å². The number of rotatable bonds is 2. The van der Waals surface area contributed by atoms with Crippen LogP contribution in [0.4, 0.5) is 0 Å². The molecule has 3 nitrogen and oxygen atoms in total. The van der Waals surface area contributed by atoms with Crippen LogP contribution in [0.5, 0.6) is 0 Å². The molecule has 0 spiro atoms. The fraction of sp³-hybridized carbons (Fsp3) is 0.500. The Hall–Kier alpha value is -0.940. The van der Waals surface area contributed by atoms with E-state index in [4.69, 9.17) is 9.47 Å². The van der Waals surface area contributed by atoms with Crippen molar-refractivity contribution >= 4 is 21.4 Å². The quantitative estimate of drug-likeness (QED) is 0.920. The number of thiophene rings is 1. The summed E-state index contributed by atoms with van der Waals surface area (Å²) in [5, 5.41) is 11.4. The van der Waals surface area contributed by atoms with Crippen LogP contribution in [-0.4, -0.2) is 24.4 Å². The number of fused-ring (bicyclic) bond motifs is 1. The van der Waals surface area contributed by atoms with Gasteiger partial charge in [-0.25, -0.2) is 0 Å². The number of benzene rings is 1. The van der Waals surface area contributed by atoms with Crippen LogP contribution in [0.25, 0.3) is 10.1 Å². The van der Waals surface area contributed by atoms with Crippen LogP contribution in [0.3, 0.4) is 0 Å². The number of hydrogen-bond acceptors (Lipinski definition) is 4. The summed E-state index contributed by atoms with van der Waals surface area (Å²) in [7, 11) is 0. The molecular weight excluding hydrogens is 272 g/mol. The molecule has 1 aromatic carbocycles. The van der Waals surface area contributed by atoms with E-state index in [0.29, 0.717) is 13.2 Å². The van der Waals surface area contributed by atoms with Crippen molar-refractivity contribution in [1.82, 2.24) is 0 Å². The Morgan fingerprint density at radius 1 is 1.20 bits per heavy atom. The zero-order valence-electron chi connectivity index (χ0n) is 12.1. The van der Waals surface area contributed by atoms with Crippen LogP contribution in [0.15, 0.2) is 30.3 Å². The predicted molar refractivity (Wildman–Crippen MR) is 80.9 cm³/mol. The zero-order chi connectivity index (χ0) is 14.4. The molecule has 0 amide bonds. The van der Waals surface area contributed by atoms with Crippen LogP contribution < -0.4 is 0 Å². The van der Waals surface area contributed by atoms with E-state index < -0.39 is 11.9 Å². The van der Waals surface area contributed by atoms with Crippen LogP contribution in [0.2, 0.25) is 0 Å². The van der Waals surface area contributed by atoms with Crippen molar-refractivity contribution in [3.8, 4) is 0 Å². The van der Waals surface area contributed by atoms with Gasteiger partial charge in [-0.15, -0.1) is 11.3 Å². The molecule has 2 heterocycles. The van der Waals surface area contributed by atoms with E-state index in [-0.39, 0.29) is 5.41 Å². The topological polar surface area (TPSA) is 38.7 Å². The van der Waals surface area contributed by atoms with Gasteiger partial charge >= 0.3 is 0 Å². The molecule has 1 atom stereocenters. The highest BCUT2D eigenvalue weighted by Crippen LogP contribution is 2.43. The molecule has 20 heavy (non-hydrogen) atoms. The lowest BCUT2D eigenvalue weighted by molar-refractivity contribution is -0.338. The Kier molecular flexibility index (Phi) is 3.37. The van der Waals surface area contributed by atoms with Gasteiger partial charge < -0.3 is 14.6 Å². The van der Waals surface area contributed by atoms with E-state index in [2.05, 4.69) is 32.0 Å². The normalized spacial score (nSPS) is 22.8. The number of ether oxygens (including phenoxy) is 2. The van der Waals surface area contributed by atoms with Crippen molar-refractivity contribution in [2.45, 2.75) is 32.7 Å². The molecule has 1 aliphatic heterocycles. The zero-order valence-corrected chi connectivity index (χ0v) is 12.9. The summed E-state index contributed by atoms with van der Waals surface area (Å²) in [4.78, 5) is 0.934. The lowest BCUT2D eigenvalue weighted by Crippen LogP contribution is -2.51. The molecular formula is C16H20O3S. The molecule has 0 aliphatic carbocycles. The lowest BCUT2D eigenvalue weighted by Gasteiger charge is -2.44. The standard InChI is InChI=1S/C16H20O3S/c1-11(17)16(18-9-15(2,3)10-19-16)14-8-12-6-4-5-7-13(12)20-14/h4-8,11,17H,9-10H2,1-3H3/t11-/m1/s1. The second kappa shape index (κ2) is 4.81. The smallest absolute Gasteiger partial charge is 0.231 e. The first-order valence-electron chi connectivity index (χ1n) is 6.88. The van der Waals surface area contributed by atoms with Crippen molar-refractivity contribution in [2.24, 2.45) is 5.41 Å². The highest BCUT2D eigenvalue weighted by atomic mass is 32.1.